The maximum atomic E-state index is 11.6. The zero-order valence-corrected chi connectivity index (χ0v) is 7.76. The number of sulfone groups is 1. The average molecular weight is 255 g/mol. The van der Waals surface area contributed by atoms with Gasteiger partial charge in [0.1, 0.15) is 0 Å². The van der Waals surface area contributed by atoms with Gasteiger partial charge in [-0.1, -0.05) is 15.9 Å². The third-order valence-electron chi connectivity index (χ3n) is 0.899. The molecule has 0 N–H and O–H groups in total. The highest BCUT2D eigenvalue weighted by Crippen LogP contribution is 2.24. The lowest BCUT2D eigenvalue weighted by Gasteiger charge is -2.05. The Hall–Kier alpha value is 0.220. The van der Waals surface area contributed by atoms with Gasteiger partial charge in [-0.15, -0.1) is 0 Å². The number of rotatable bonds is 3. The molecule has 7 heteroatoms. The van der Waals surface area contributed by atoms with Crippen molar-refractivity contribution in [3.05, 3.63) is 0 Å². The summed E-state index contributed by atoms with van der Waals surface area (Å²) in [5, 5.41) is 0.252. The van der Waals surface area contributed by atoms with Crippen molar-refractivity contribution in [2.75, 3.05) is 11.1 Å². The van der Waals surface area contributed by atoms with E-state index in [4.69, 9.17) is 0 Å². The first kappa shape index (κ1) is 11.2. The summed E-state index contributed by atoms with van der Waals surface area (Å²) in [5.41, 5.74) is -5.10. The Morgan fingerprint density at radius 3 is 2.00 bits per heavy atom. The van der Waals surface area contributed by atoms with Gasteiger partial charge in [-0.3, -0.25) is 0 Å². The van der Waals surface area contributed by atoms with Gasteiger partial charge >= 0.3 is 5.51 Å². The van der Waals surface area contributed by atoms with Crippen molar-refractivity contribution in [3.8, 4) is 0 Å². The molecule has 0 aliphatic heterocycles. The molecule has 0 aliphatic rings. The van der Waals surface area contributed by atoms with Gasteiger partial charge in [-0.25, -0.2) is 8.42 Å². The quantitative estimate of drug-likeness (QED) is 0.719. The van der Waals surface area contributed by atoms with Gasteiger partial charge in [0.15, 0.2) is 0 Å². The molecule has 2 nitrogen and oxygen atoms in total. The van der Waals surface area contributed by atoms with Crippen LogP contribution in [0.4, 0.5) is 13.2 Å². The number of alkyl halides is 4. The molecule has 0 atom stereocenters. The van der Waals surface area contributed by atoms with E-state index in [2.05, 4.69) is 15.9 Å². The zero-order valence-electron chi connectivity index (χ0n) is 5.36. The van der Waals surface area contributed by atoms with Crippen LogP contribution in [0.15, 0.2) is 0 Å². The maximum absolute atomic E-state index is 11.6. The second-order valence-corrected chi connectivity index (χ2v) is 4.70. The lowest BCUT2D eigenvalue weighted by atomic mass is 10.6. The first-order valence-corrected chi connectivity index (χ1v) is 5.43. The summed E-state index contributed by atoms with van der Waals surface area (Å²) in [5.74, 6) is -0.845. The van der Waals surface area contributed by atoms with E-state index in [0.29, 0.717) is 0 Å². The van der Waals surface area contributed by atoms with Crippen LogP contribution < -0.4 is 0 Å². The summed E-state index contributed by atoms with van der Waals surface area (Å²) in [7, 11) is -4.89. The summed E-state index contributed by atoms with van der Waals surface area (Å²) in [6.45, 7) is 0. The van der Waals surface area contributed by atoms with E-state index < -0.39 is 21.1 Å². The van der Waals surface area contributed by atoms with Gasteiger partial charge in [0.25, 0.3) is 0 Å². The highest BCUT2D eigenvalue weighted by molar-refractivity contribution is 9.09. The molecule has 0 saturated heterocycles. The normalized spacial score (nSPS) is 13.5. The third kappa shape index (κ3) is 3.42. The highest BCUT2D eigenvalue weighted by Gasteiger charge is 2.44. The predicted molar refractivity (Wildman–Crippen MR) is 38.3 cm³/mol. The molecule has 0 aliphatic carbocycles. The predicted octanol–water partition coefficient (Wildman–Crippen LogP) is 1.71. The molecule has 0 radical (unpaired) electrons. The van der Waals surface area contributed by atoms with E-state index in [-0.39, 0.29) is 11.8 Å². The van der Waals surface area contributed by atoms with E-state index in [1.165, 1.54) is 0 Å². The smallest absolute Gasteiger partial charge is 0.220 e. The van der Waals surface area contributed by atoms with E-state index in [9.17, 15) is 21.6 Å². The number of hydrogen-bond acceptors (Lipinski definition) is 2. The number of hydrogen-bond donors (Lipinski definition) is 0. The summed E-state index contributed by atoms with van der Waals surface area (Å²) in [6, 6.07) is 0. The SMILES string of the molecule is O=S(=O)(CCCBr)C(F)(F)F. The zero-order chi connectivity index (χ0) is 9.12. The minimum absolute atomic E-state index is 0.0259. The van der Waals surface area contributed by atoms with E-state index in [0.717, 1.165) is 0 Å². The Morgan fingerprint density at radius 2 is 1.73 bits per heavy atom. The van der Waals surface area contributed by atoms with Crippen molar-refractivity contribution in [3.63, 3.8) is 0 Å². The van der Waals surface area contributed by atoms with Gasteiger partial charge < -0.3 is 0 Å². The van der Waals surface area contributed by atoms with Gasteiger partial charge in [0, 0.05) is 5.33 Å². The topological polar surface area (TPSA) is 34.1 Å². The first-order valence-electron chi connectivity index (χ1n) is 2.66. The lowest BCUT2D eigenvalue weighted by molar-refractivity contribution is -0.0435. The standard InChI is InChI=1S/C4H6BrF3O2S/c5-2-1-3-11(9,10)4(6,7)8/h1-3H2. The average Bonchev–Trinajstić information content (AvgIpc) is 1.81. The minimum Gasteiger partial charge on any atom is -0.220 e. The van der Waals surface area contributed by atoms with Gasteiger partial charge in [0.05, 0.1) is 5.75 Å². The Balaban J connectivity index is 4.26. The molecular weight excluding hydrogens is 249 g/mol. The second-order valence-electron chi connectivity index (χ2n) is 1.81. The van der Waals surface area contributed by atoms with Crippen LogP contribution in [0.3, 0.4) is 0 Å². The summed E-state index contributed by atoms with van der Waals surface area (Å²) < 4.78 is 55.2. The Labute approximate surface area is 70.8 Å². The molecule has 0 rings (SSSR count). The van der Waals surface area contributed by atoms with Crippen molar-refractivity contribution in [1.82, 2.24) is 0 Å². The van der Waals surface area contributed by atoms with E-state index in [1.54, 1.807) is 0 Å². The fourth-order valence-electron chi connectivity index (χ4n) is 0.360. The van der Waals surface area contributed by atoms with Crippen LogP contribution in [0, 0.1) is 0 Å². The fourth-order valence-corrected chi connectivity index (χ4v) is 1.77. The molecule has 0 fully saturated rings. The van der Waals surface area contributed by atoms with Crippen molar-refractivity contribution in [2.45, 2.75) is 11.9 Å². The molecule has 0 aromatic rings. The van der Waals surface area contributed by atoms with Crippen LogP contribution in [-0.4, -0.2) is 25.0 Å². The van der Waals surface area contributed by atoms with Gasteiger partial charge in [0.2, 0.25) is 9.84 Å². The summed E-state index contributed by atoms with van der Waals surface area (Å²) in [6.07, 6.45) is -0.0259. The third-order valence-corrected chi connectivity index (χ3v) is 2.99. The summed E-state index contributed by atoms with van der Waals surface area (Å²) >= 11 is 2.84. The largest absolute Gasteiger partial charge is 0.497 e. The van der Waals surface area contributed by atoms with Crippen LogP contribution in [-0.2, 0) is 9.84 Å². The fraction of sp³-hybridized carbons (Fsp3) is 1.00. The molecule has 0 unspecified atom stereocenters. The molecular formula is C4H6BrF3O2S. The molecule has 0 heterocycles. The second kappa shape index (κ2) is 3.75. The molecule has 0 aromatic carbocycles. The highest BCUT2D eigenvalue weighted by atomic mass is 79.9. The van der Waals surface area contributed by atoms with E-state index in [1.807, 2.05) is 0 Å². The molecule has 11 heavy (non-hydrogen) atoms. The number of halogens is 4. The van der Waals surface area contributed by atoms with Gasteiger partial charge in [-0.2, -0.15) is 13.2 Å². The lowest BCUT2D eigenvalue weighted by Crippen LogP contribution is -2.26. The van der Waals surface area contributed by atoms with Crippen LogP contribution in [0.25, 0.3) is 0 Å². The van der Waals surface area contributed by atoms with Crippen LogP contribution in [0.5, 0.6) is 0 Å². The molecule has 0 bridgehead atoms. The van der Waals surface area contributed by atoms with Crippen molar-refractivity contribution >= 4 is 25.8 Å². The molecule has 0 spiro atoms. The minimum atomic E-state index is -5.10. The van der Waals surface area contributed by atoms with Gasteiger partial charge in [-0.05, 0) is 6.42 Å². The summed E-state index contributed by atoms with van der Waals surface area (Å²) in [4.78, 5) is 0. The molecule has 0 saturated carbocycles. The molecule has 68 valence electrons. The van der Waals surface area contributed by atoms with Crippen molar-refractivity contribution < 1.29 is 21.6 Å². The first-order chi connectivity index (χ1) is 4.81. The van der Waals surface area contributed by atoms with Crippen LogP contribution in [0.2, 0.25) is 0 Å². The Kier molecular flexibility index (Phi) is 3.83. The van der Waals surface area contributed by atoms with E-state index >= 15 is 0 Å². The maximum Gasteiger partial charge on any atom is 0.497 e. The van der Waals surface area contributed by atoms with Crippen molar-refractivity contribution in [2.24, 2.45) is 0 Å². The molecule has 0 amide bonds. The van der Waals surface area contributed by atoms with Crippen LogP contribution in [0.1, 0.15) is 6.42 Å². The molecule has 0 aromatic heterocycles. The van der Waals surface area contributed by atoms with Crippen LogP contribution >= 0.6 is 15.9 Å². The van der Waals surface area contributed by atoms with Crippen molar-refractivity contribution in [1.29, 1.82) is 0 Å². The Morgan fingerprint density at radius 1 is 1.27 bits per heavy atom. The Bertz CT molecular complexity index is 208. The monoisotopic (exact) mass is 254 g/mol.